The molecule has 3 rings (SSSR count). The molecule has 0 aliphatic heterocycles. The normalized spacial score (nSPS) is 37.9. The Bertz CT molecular complexity index is 649. The van der Waals surface area contributed by atoms with E-state index in [1.807, 2.05) is 0 Å². The molecule has 1 nitrogen and oxygen atoms in total. The molecule has 3 aliphatic rings. The topological polar surface area (TPSA) is 20.2 Å². The van der Waals surface area contributed by atoms with Crippen LogP contribution in [0.5, 0.6) is 0 Å². The molecule has 3 fully saturated rings. The van der Waals surface area contributed by atoms with Crippen molar-refractivity contribution in [2.75, 3.05) is 0 Å². The first-order valence-electron chi connectivity index (χ1n) is 11.8. The molecule has 0 heterocycles. The van der Waals surface area contributed by atoms with Crippen molar-refractivity contribution in [2.45, 2.75) is 91.6 Å². The van der Waals surface area contributed by atoms with Gasteiger partial charge in [0, 0.05) is 0 Å². The predicted octanol–water partition coefficient (Wildman–Crippen LogP) is 7.40. The molecule has 3 saturated carbocycles. The summed E-state index contributed by atoms with van der Waals surface area (Å²) >= 11 is 0. The van der Waals surface area contributed by atoms with Crippen LogP contribution >= 0.6 is 0 Å². The van der Waals surface area contributed by atoms with Crippen LogP contribution in [0.3, 0.4) is 0 Å². The summed E-state index contributed by atoms with van der Waals surface area (Å²) in [4.78, 5) is 0. The predicted molar refractivity (Wildman–Crippen MR) is 121 cm³/mol. The van der Waals surface area contributed by atoms with Crippen molar-refractivity contribution >= 4 is 0 Å². The van der Waals surface area contributed by atoms with Gasteiger partial charge in [-0.25, -0.2) is 0 Å². The van der Waals surface area contributed by atoms with E-state index >= 15 is 0 Å². The summed E-state index contributed by atoms with van der Waals surface area (Å²) in [6, 6.07) is 0. The number of aliphatic hydroxyl groups is 1. The van der Waals surface area contributed by atoms with Crippen LogP contribution in [-0.4, -0.2) is 11.2 Å². The van der Waals surface area contributed by atoms with Crippen LogP contribution in [0.1, 0.15) is 85.5 Å². The fourth-order valence-electron chi connectivity index (χ4n) is 5.85. The Morgan fingerprint density at radius 1 is 1.11 bits per heavy atom. The van der Waals surface area contributed by atoms with Crippen molar-refractivity contribution in [1.82, 2.24) is 0 Å². The molecule has 0 aromatic rings. The quantitative estimate of drug-likeness (QED) is 0.491. The zero-order chi connectivity index (χ0) is 20.3. The summed E-state index contributed by atoms with van der Waals surface area (Å²) in [5.41, 5.74) is 4.36. The van der Waals surface area contributed by atoms with Crippen LogP contribution in [0.25, 0.3) is 0 Å². The zero-order valence-electron chi connectivity index (χ0n) is 18.7. The second-order valence-electron chi connectivity index (χ2n) is 10.3. The van der Waals surface area contributed by atoms with Crippen LogP contribution in [0.4, 0.5) is 0 Å². The third-order valence-corrected chi connectivity index (χ3v) is 8.31. The first-order valence-corrected chi connectivity index (χ1v) is 11.8. The van der Waals surface area contributed by atoms with Gasteiger partial charge in [0.05, 0.1) is 6.10 Å². The molecule has 1 heteroatoms. The van der Waals surface area contributed by atoms with E-state index in [9.17, 15) is 5.11 Å². The molecular formula is C27H42O. The number of aliphatic hydroxyl groups excluding tert-OH is 1. The van der Waals surface area contributed by atoms with Crippen molar-refractivity contribution < 1.29 is 5.11 Å². The molecule has 0 radical (unpaired) electrons. The first kappa shape index (κ1) is 21.6. The number of hydrogen-bond acceptors (Lipinski definition) is 1. The van der Waals surface area contributed by atoms with Crippen LogP contribution in [0.2, 0.25) is 0 Å². The van der Waals surface area contributed by atoms with E-state index in [0.29, 0.717) is 11.3 Å². The van der Waals surface area contributed by atoms with Crippen LogP contribution in [-0.2, 0) is 0 Å². The van der Waals surface area contributed by atoms with Crippen LogP contribution < -0.4 is 0 Å². The Kier molecular flexibility index (Phi) is 7.07. The lowest BCUT2D eigenvalue weighted by atomic mass is 9.63. The SMILES string of the molecule is C=C1/C(=C\C=C2/CCCC3(C)C(C/C=C/C(C)C(C)C)CCC23)CCCC1O. The molecule has 0 spiro atoms. The minimum atomic E-state index is -0.328. The molecular weight excluding hydrogens is 340 g/mol. The van der Waals surface area contributed by atoms with Gasteiger partial charge in [0.15, 0.2) is 0 Å². The first-order chi connectivity index (χ1) is 13.3. The standard InChI is InChI=1S/C27H42O/c1-19(2)20(3)9-6-12-24-16-17-25-23(11-8-18-27(24,25)5)15-14-22-10-7-13-26(28)21(22)4/h6,9,14-15,19-20,24-26,28H,4,7-8,10-13,16-18H2,1-3,5H3/b9-6+,22-14-,23-15+. The smallest absolute Gasteiger partial charge is 0.0787 e. The highest BCUT2D eigenvalue weighted by atomic mass is 16.3. The maximum atomic E-state index is 10.1. The van der Waals surface area contributed by atoms with Gasteiger partial charge >= 0.3 is 0 Å². The number of hydrogen-bond donors (Lipinski definition) is 1. The minimum Gasteiger partial charge on any atom is -0.388 e. The lowest BCUT2D eigenvalue weighted by Crippen LogP contribution is -2.33. The summed E-state index contributed by atoms with van der Waals surface area (Å²) in [7, 11) is 0. The van der Waals surface area contributed by atoms with Gasteiger partial charge in [0.1, 0.15) is 0 Å². The van der Waals surface area contributed by atoms with E-state index in [0.717, 1.165) is 42.6 Å². The third kappa shape index (κ3) is 4.56. The average molecular weight is 383 g/mol. The monoisotopic (exact) mass is 382 g/mol. The van der Waals surface area contributed by atoms with Crippen molar-refractivity contribution in [2.24, 2.45) is 29.1 Å². The third-order valence-electron chi connectivity index (χ3n) is 8.31. The summed E-state index contributed by atoms with van der Waals surface area (Å²) in [5, 5.41) is 10.1. The molecule has 0 aromatic heterocycles. The van der Waals surface area contributed by atoms with Gasteiger partial charge in [-0.05, 0) is 98.0 Å². The van der Waals surface area contributed by atoms with E-state index in [2.05, 4.69) is 58.6 Å². The van der Waals surface area contributed by atoms with Crippen molar-refractivity contribution in [3.05, 3.63) is 47.6 Å². The highest BCUT2D eigenvalue weighted by Gasteiger charge is 2.48. The Hall–Kier alpha value is -1.08. The van der Waals surface area contributed by atoms with Gasteiger partial charge in [0.2, 0.25) is 0 Å². The molecule has 5 unspecified atom stereocenters. The van der Waals surface area contributed by atoms with Gasteiger partial charge in [-0.15, -0.1) is 0 Å². The summed E-state index contributed by atoms with van der Waals surface area (Å²) < 4.78 is 0. The number of rotatable bonds is 5. The molecule has 5 atom stereocenters. The second kappa shape index (κ2) is 9.16. The number of allylic oxidation sites excluding steroid dienone is 5. The Labute approximate surface area is 173 Å². The summed E-state index contributed by atoms with van der Waals surface area (Å²) in [6.07, 6.45) is 20.3. The molecule has 0 amide bonds. The van der Waals surface area contributed by atoms with Crippen molar-refractivity contribution in [1.29, 1.82) is 0 Å². The molecule has 156 valence electrons. The molecule has 3 aliphatic carbocycles. The Morgan fingerprint density at radius 2 is 1.89 bits per heavy atom. The minimum absolute atomic E-state index is 0.328. The van der Waals surface area contributed by atoms with E-state index < -0.39 is 0 Å². The van der Waals surface area contributed by atoms with Crippen LogP contribution in [0.15, 0.2) is 47.6 Å². The maximum absolute atomic E-state index is 10.1. The largest absolute Gasteiger partial charge is 0.388 e. The highest BCUT2D eigenvalue weighted by Crippen LogP contribution is 2.58. The van der Waals surface area contributed by atoms with Crippen molar-refractivity contribution in [3.63, 3.8) is 0 Å². The van der Waals surface area contributed by atoms with Gasteiger partial charge in [-0.1, -0.05) is 64.2 Å². The van der Waals surface area contributed by atoms with Gasteiger partial charge < -0.3 is 5.11 Å². The number of fused-ring (bicyclic) bond motifs is 1. The molecule has 1 N–H and O–H groups in total. The molecule has 0 aromatic carbocycles. The van der Waals surface area contributed by atoms with E-state index in [1.165, 1.54) is 44.1 Å². The summed E-state index contributed by atoms with van der Waals surface area (Å²) in [5.74, 6) is 2.99. The van der Waals surface area contributed by atoms with Gasteiger partial charge in [0.25, 0.3) is 0 Å². The van der Waals surface area contributed by atoms with E-state index in [1.54, 1.807) is 5.57 Å². The fourth-order valence-corrected chi connectivity index (χ4v) is 5.85. The second-order valence-corrected chi connectivity index (χ2v) is 10.3. The van der Waals surface area contributed by atoms with E-state index in [4.69, 9.17) is 0 Å². The Balaban J connectivity index is 1.70. The average Bonchev–Trinajstić information content (AvgIpc) is 2.99. The van der Waals surface area contributed by atoms with E-state index in [-0.39, 0.29) is 6.10 Å². The molecule has 28 heavy (non-hydrogen) atoms. The Morgan fingerprint density at radius 3 is 2.64 bits per heavy atom. The summed E-state index contributed by atoms with van der Waals surface area (Å²) in [6.45, 7) is 13.7. The fraction of sp³-hybridized carbons (Fsp3) is 0.704. The molecule has 0 saturated heterocycles. The lowest BCUT2D eigenvalue weighted by Gasteiger charge is -2.42. The molecule has 0 bridgehead atoms. The van der Waals surface area contributed by atoms with Crippen molar-refractivity contribution in [3.8, 4) is 0 Å². The van der Waals surface area contributed by atoms with Gasteiger partial charge in [-0.2, -0.15) is 0 Å². The van der Waals surface area contributed by atoms with Crippen LogP contribution in [0, 0.1) is 29.1 Å². The van der Waals surface area contributed by atoms with Gasteiger partial charge in [-0.3, -0.25) is 0 Å². The zero-order valence-corrected chi connectivity index (χ0v) is 18.7. The highest BCUT2D eigenvalue weighted by molar-refractivity contribution is 5.37. The maximum Gasteiger partial charge on any atom is 0.0787 e. The lowest BCUT2D eigenvalue weighted by molar-refractivity contribution is 0.137.